The quantitative estimate of drug-likeness (QED) is 0.510. The molecule has 1 nitrogen and oxygen atoms in total. The first kappa shape index (κ1) is 15.2. The van der Waals surface area contributed by atoms with Crippen LogP contribution in [0.25, 0.3) is 0 Å². The molecule has 0 fully saturated rings. The molecule has 1 unspecified atom stereocenters. The van der Waals surface area contributed by atoms with E-state index in [1.54, 1.807) is 6.92 Å². The molecule has 1 aromatic carbocycles. The van der Waals surface area contributed by atoms with Crippen LogP contribution >= 0.6 is 11.8 Å². The highest BCUT2D eigenvalue weighted by molar-refractivity contribution is 7.99. The standard InChI is InChI=1S/C11H12F5NS/c1-5(2-3-17)18-4-6-7(12)9(14)11(16)10(15)8(6)13/h5H,2-4,17H2,1H3. The van der Waals surface area contributed by atoms with Gasteiger partial charge in [0.15, 0.2) is 23.3 Å². The lowest BCUT2D eigenvalue weighted by atomic mass is 10.2. The highest BCUT2D eigenvalue weighted by atomic mass is 32.2. The molecule has 0 amide bonds. The van der Waals surface area contributed by atoms with Gasteiger partial charge in [-0.25, -0.2) is 22.0 Å². The predicted molar refractivity (Wildman–Crippen MR) is 60.7 cm³/mol. The third-order valence-electron chi connectivity index (χ3n) is 2.39. The summed E-state index contributed by atoms with van der Waals surface area (Å²) >= 11 is 1.09. The normalized spacial score (nSPS) is 12.8. The summed E-state index contributed by atoms with van der Waals surface area (Å²) in [6, 6.07) is 0. The van der Waals surface area contributed by atoms with Crippen LogP contribution in [0.5, 0.6) is 0 Å². The zero-order valence-electron chi connectivity index (χ0n) is 9.57. The fourth-order valence-electron chi connectivity index (χ4n) is 1.32. The van der Waals surface area contributed by atoms with Crippen molar-refractivity contribution in [2.75, 3.05) is 6.54 Å². The molecule has 7 heteroatoms. The van der Waals surface area contributed by atoms with Gasteiger partial charge in [0.25, 0.3) is 0 Å². The Morgan fingerprint density at radius 1 is 0.944 bits per heavy atom. The molecule has 0 saturated heterocycles. The number of nitrogens with two attached hydrogens (primary N) is 1. The van der Waals surface area contributed by atoms with Crippen LogP contribution in [0.2, 0.25) is 0 Å². The third kappa shape index (κ3) is 3.14. The van der Waals surface area contributed by atoms with Gasteiger partial charge >= 0.3 is 0 Å². The average molecular weight is 285 g/mol. The van der Waals surface area contributed by atoms with Crippen molar-refractivity contribution in [3.63, 3.8) is 0 Å². The van der Waals surface area contributed by atoms with E-state index in [0.717, 1.165) is 11.8 Å². The zero-order chi connectivity index (χ0) is 13.9. The first-order chi connectivity index (χ1) is 8.40. The molecule has 0 saturated carbocycles. The Bertz CT molecular complexity index is 409. The smallest absolute Gasteiger partial charge is 0.200 e. The Labute approximate surface area is 106 Å². The second kappa shape index (κ2) is 6.38. The molecule has 0 heterocycles. The van der Waals surface area contributed by atoms with Gasteiger partial charge in [-0.3, -0.25) is 0 Å². The van der Waals surface area contributed by atoms with Gasteiger partial charge in [0.2, 0.25) is 5.82 Å². The van der Waals surface area contributed by atoms with Gasteiger partial charge in [0.1, 0.15) is 0 Å². The Kier molecular flexibility index (Phi) is 5.40. The first-order valence-corrected chi connectivity index (χ1v) is 6.27. The molecule has 0 aromatic heterocycles. The molecule has 1 atom stereocenters. The third-order valence-corrected chi connectivity index (χ3v) is 3.65. The predicted octanol–water partition coefficient (Wildman–Crippen LogP) is 3.35. The van der Waals surface area contributed by atoms with Crippen LogP contribution in [0.4, 0.5) is 22.0 Å². The minimum absolute atomic E-state index is 0.0232. The summed E-state index contributed by atoms with van der Waals surface area (Å²) in [7, 11) is 0. The van der Waals surface area contributed by atoms with Gasteiger partial charge in [-0.05, 0) is 13.0 Å². The maximum Gasteiger partial charge on any atom is 0.200 e. The van der Waals surface area contributed by atoms with E-state index < -0.39 is 34.6 Å². The lowest BCUT2D eigenvalue weighted by Crippen LogP contribution is -2.10. The molecule has 1 rings (SSSR count). The maximum absolute atomic E-state index is 13.3. The number of hydrogen-bond acceptors (Lipinski definition) is 2. The van der Waals surface area contributed by atoms with E-state index in [-0.39, 0.29) is 11.0 Å². The molecule has 0 spiro atoms. The summed E-state index contributed by atoms with van der Waals surface area (Å²) < 4.78 is 65.1. The van der Waals surface area contributed by atoms with E-state index >= 15 is 0 Å². The van der Waals surface area contributed by atoms with Crippen molar-refractivity contribution in [1.29, 1.82) is 0 Å². The van der Waals surface area contributed by atoms with Crippen LogP contribution in [0.1, 0.15) is 18.9 Å². The van der Waals surface area contributed by atoms with Gasteiger partial charge in [-0.1, -0.05) is 6.92 Å². The van der Waals surface area contributed by atoms with Gasteiger partial charge in [0.05, 0.1) is 0 Å². The molecule has 0 aliphatic heterocycles. The lowest BCUT2D eigenvalue weighted by molar-refractivity contribution is 0.372. The fraction of sp³-hybridized carbons (Fsp3) is 0.455. The summed E-state index contributed by atoms with van der Waals surface area (Å²) in [5.41, 5.74) is 4.50. The summed E-state index contributed by atoms with van der Waals surface area (Å²) in [6.45, 7) is 2.16. The fourth-order valence-corrected chi connectivity index (χ4v) is 2.33. The molecule has 2 N–H and O–H groups in total. The van der Waals surface area contributed by atoms with Gasteiger partial charge in [-0.2, -0.15) is 11.8 Å². The molecule has 0 aliphatic carbocycles. The van der Waals surface area contributed by atoms with Gasteiger partial charge < -0.3 is 5.73 Å². The summed E-state index contributed by atoms with van der Waals surface area (Å²) in [4.78, 5) is 0. The van der Waals surface area contributed by atoms with Crippen molar-refractivity contribution in [2.24, 2.45) is 5.73 Å². The van der Waals surface area contributed by atoms with Crippen LogP contribution in [0.15, 0.2) is 0 Å². The molecular formula is C11H12F5NS. The SMILES string of the molecule is CC(CCN)SCc1c(F)c(F)c(F)c(F)c1F. The molecular weight excluding hydrogens is 273 g/mol. The number of rotatable bonds is 5. The molecule has 0 bridgehead atoms. The van der Waals surface area contributed by atoms with Crippen LogP contribution in [-0.4, -0.2) is 11.8 Å². The van der Waals surface area contributed by atoms with Crippen LogP contribution in [0.3, 0.4) is 0 Å². The van der Waals surface area contributed by atoms with Crippen molar-refractivity contribution >= 4 is 11.8 Å². The highest BCUT2D eigenvalue weighted by Crippen LogP contribution is 2.28. The van der Waals surface area contributed by atoms with E-state index in [2.05, 4.69) is 0 Å². The second-order valence-corrected chi connectivity index (χ2v) is 5.17. The van der Waals surface area contributed by atoms with Crippen LogP contribution in [-0.2, 0) is 5.75 Å². The largest absolute Gasteiger partial charge is 0.330 e. The molecule has 0 aliphatic rings. The maximum atomic E-state index is 13.3. The summed E-state index contributed by atoms with van der Waals surface area (Å²) in [5.74, 6) is -9.76. The van der Waals surface area contributed by atoms with E-state index in [0.29, 0.717) is 13.0 Å². The van der Waals surface area contributed by atoms with E-state index in [1.807, 2.05) is 0 Å². The van der Waals surface area contributed by atoms with Crippen molar-refractivity contribution in [3.8, 4) is 0 Å². The Morgan fingerprint density at radius 2 is 1.39 bits per heavy atom. The van der Waals surface area contributed by atoms with Crippen molar-refractivity contribution < 1.29 is 22.0 Å². The van der Waals surface area contributed by atoms with Crippen molar-refractivity contribution in [2.45, 2.75) is 24.3 Å². The van der Waals surface area contributed by atoms with Crippen LogP contribution in [0, 0.1) is 29.1 Å². The van der Waals surface area contributed by atoms with E-state index in [9.17, 15) is 22.0 Å². The minimum Gasteiger partial charge on any atom is -0.330 e. The first-order valence-electron chi connectivity index (χ1n) is 5.22. The van der Waals surface area contributed by atoms with Crippen molar-refractivity contribution in [3.05, 3.63) is 34.6 Å². The lowest BCUT2D eigenvalue weighted by Gasteiger charge is -2.11. The topological polar surface area (TPSA) is 26.0 Å². The van der Waals surface area contributed by atoms with Gasteiger partial charge in [-0.15, -0.1) is 0 Å². The van der Waals surface area contributed by atoms with Crippen molar-refractivity contribution in [1.82, 2.24) is 0 Å². The molecule has 18 heavy (non-hydrogen) atoms. The van der Waals surface area contributed by atoms with Gasteiger partial charge in [0, 0.05) is 16.6 Å². The number of halogens is 5. The second-order valence-electron chi connectivity index (χ2n) is 3.75. The number of thioether (sulfide) groups is 1. The Balaban J connectivity index is 2.96. The molecule has 0 radical (unpaired) electrons. The summed E-state index contributed by atoms with van der Waals surface area (Å²) in [6.07, 6.45) is 0.597. The number of hydrogen-bond donors (Lipinski definition) is 1. The number of benzene rings is 1. The average Bonchev–Trinajstić information content (AvgIpc) is 2.34. The Morgan fingerprint density at radius 3 is 1.83 bits per heavy atom. The minimum atomic E-state index is -2.13. The zero-order valence-corrected chi connectivity index (χ0v) is 10.4. The van der Waals surface area contributed by atoms with E-state index in [1.165, 1.54) is 0 Å². The highest BCUT2D eigenvalue weighted by Gasteiger charge is 2.25. The Hall–Kier alpha value is -0.820. The van der Waals surface area contributed by atoms with Crippen LogP contribution < -0.4 is 5.73 Å². The molecule has 1 aromatic rings. The summed E-state index contributed by atoms with van der Waals surface area (Å²) in [5, 5.41) is -0.0232. The monoisotopic (exact) mass is 285 g/mol. The molecule has 102 valence electrons. The van der Waals surface area contributed by atoms with E-state index in [4.69, 9.17) is 5.73 Å².